The Kier molecular flexibility index (Phi) is 5.53. The second-order valence-electron chi connectivity index (χ2n) is 6.68. The molecule has 1 aromatic heterocycles. The van der Waals surface area contributed by atoms with E-state index in [4.69, 9.17) is 4.74 Å². The molecule has 5 nitrogen and oxygen atoms in total. The van der Waals surface area contributed by atoms with E-state index in [1.165, 1.54) is 0 Å². The highest BCUT2D eigenvalue weighted by molar-refractivity contribution is 5.95. The minimum Gasteiger partial charge on any atom is -0.474 e. The Labute approximate surface area is 149 Å². The van der Waals surface area contributed by atoms with Gasteiger partial charge in [0.05, 0.1) is 0 Å². The summed E-state index contributed by atoms with van der Waals surface area (Å²) in [7, 11) is 3.94. The number of pyridine rings is 1. The van der Waals surface area contributed by atoms with Gasteiger partial charge in [-0.05, 0) is 49.9 Å². The normalized spacial score (nSPS) is 19.9. The molecule has 1 aromatic carbocycles. The fourth-order valence-electron chi connectivity index (χ4n) is 3.11. The number of rotatable bonds is 5. The molecular weight excluding hydrogens is 314 g/mol. The van der Waals surface area contributed by atoms with E-state index < -0.39 is 0 Å². The third-order valence-electron chi connectivity index (χ3n) is 4.56. The van der Waals surface area contributed by atoms with E-state index in [1.54, 1.807) is 6.20 Å². The van der Waals surface area contributed by atoms with Crippen molar-refractivity contribution in [3.05, 3.63) is 54.2 Å². The Morgan fingerprint density at radius 3 is 2.60 bits per heavy atom. The van der Waals surface area contributed by atoms with Crippen LogP contribution in [-0.4, -0.2) is 37.1 Å². The molecule has 0 unspecified atom stereocenters. The second kappa shape index (κ2) is 8.01. The van der Waals surface area contributed by atoms with E-state index in [1.807, 2.05) is 61.5 Å². The number of hydrogen-bond acceptors (Lipinski definition) is 4. The summed E-state index contributed by atoms with van der Waals surface area (Å²) in [5.74, 6) is 0.674. The number of anilines is 1. The van der Waals surface area contributed by atoms with E-state index in [0.717, 1.165) is 31.4 Å². The van der Waals surface area contributed by atoms with Crippen LogP contribution in [0, 0.1) is 0 Å². The van der Waals surface area contributed by atoms with Gasteiger partial charge in [-0.1, -0.05) is 12.1 Å². The van der Waals surface area contributed by atoms with Crippen LogP contribution in [0.2, 0.25) is 0 Å². The minimum absolute atomic E-state index is 0.00204. The fraction of sp³-hybridized carbons (Fsp3) is 0.400. The van der Waals surface area contributed by atoms with E-state index >= 15 is 0 Å². The summed E-state index contributed by atoms with van der Waals surface area (Å²) in [6.07, 6.45) is 5.63. The zero-order chi connectivity index (χ0) is 17.6. The highest BCUT2D eigenvalue weighted by Crippen LogP contribution is 2.23. The fourth-order valence-corrected chi connectivity index (χ4v) is 3.11. The zero-order valence-corrected chi connectivity index (χ0v) is 14.8. The second-order valence-corrected chi connectivity index (χ2v) is 6.68. The number of nitrogens with one attached hydrogen (secondary N) is 1. The molecule has 0 spiro atoms. The molecule has 0 aliphatic heterocycles. The molecule has 1 aliphatic rings. The lowest BCUT2D eigenvalue weighted by Crippen LogP contribution is -2.39. The van der Waals surface area contributed by atoms with E-state index in [-0.39, 0.29) is 18.1 Å². The molecule has 1 heterocycles. The molecule has 132 valence electrons. The molecule has 0 atom stereocenters. The van der Waals surface area contributed by atoms with Gasteiger partial charge in [-0.15, -0.1) is 0 Å². The Balaban J connectivity index is 1.50. The van der Waals surface area contributed by atoms with Gasteiger partial charge in [0.15, 0.2) is 0 Å². The average Bonchev–Trinajstić information content (AvgIpc) is 2.64. The van der Waals surface area contributed by atoms with Crippen LogP contribution < -0.4 is 15.0 Å². The number of aromatic nitrogens is 1. The highest BCUT2D eigenvalue weighted by atomic mass is 16.5. The lowest BCUT2D eigenvalue weighted by molar-refractivity contribution is 0.0890. The van der Waals surface area contributed by atoms with Crippen LogP contribution in [0.3, 0.4) is 0 Å². The summed E-state index contributed by atoms with van der Waals surface area (Å²) in [5, 5.41) is 3.16. The third kappa shape index (κ3) is 4.72. The van der Waals surface area contributed by atoms with E-state index in [9.17, 15) is 4.79 Å². The number of amides is 1. The summed E-state index contributed by atoms with van der Waals surface area (Å²) >= 11 is 0. The molecule has 2 aromatic rings. The Bertz CT molecular complexity index is 695. The molecule has 1 fully saturated rings. The zero-order valence-electron chi connectivity index (χ0n) is 14.8. The van der Waals surface area contributed by atoms with Crippen LogP contribution in [-0.2, 0) is 0 Å². The summed E-state index contributed by atoms with van der Waals surface area (Å²) in [6, 6.07) is 13.6. The van der Waals surface area contributed by atoms with Crippen LogP contribution in [0.25, 0.3) is 0 Å². The Morgan fingerprint density at radius 1 is 1.12 bits per heavy atom. The van der Waals surface area contributed by atoms with E-state index in [2.05, 4.69) is 10.3 Å². The summed E-state index contributed by atoms with van der Waals surface area (Å²) < 4.78 is 5.91. The SMILES string of the molecule is CN(C)c1cccc(C(=O)NC2CCC(Oc3ccccn3)CC2)c1. The molecule has 0 saturated heterocycles. The molecule has 3 rings (SSSR count). The first-order valence-corrected chi connectivity index (χ1v) is 8.78. The van der Waals surface area contributed by atoms with Crippen molar-refractivity contribution in [2.24, 2.45) is 0 Å². The first-order chi connectivity index (χ1) is 12.1. The predicted octanol–water partition coefficient (Wildman–Crippen LogP) is 3.27. The maximum absolute atomic E-state index is 12.5. The van der Waals surface area contributed by atoms with Crippen LogP contribution >= 0.6 is 0 Å². The standard InChI is InChI=1S/C20H25N3O2/c1-23(2)17-7-5-6-15(14-17)20(24)22-16-9-11-18(12-10-16)25-19-8-3-4-13-21-19/h3-8,13-14,16,18H,9-12H2,1-2H3,(H,22,24). The number of benzene rings is 1. The summed E-state index contributed by atoms with van der Waals surface area (Å²) in [6.45, 7) is 0. The molecule has 0 radical (unpaired) electrons. The molecular formula is C20H25N3O2. The molecule has 25 heavy (non-hydrogen) atoms. The number of carbonyl (C=O) groups excluding carboxylic acids is 1. The van der Waals surface area contributed by atoms with Crippen LogP contribution in [0.15, 0.2) is 48.7 Å². The monoisotopic (exact) mass is 339 g/mol. The van der Waals surface area contributed by atoms with Gasteiger partial charge in [0.1, 0.15) is 6.10 Å². The number of nitrogens with zero attached hydrogens (tertiary/aromatic N) is 2. The summed E-state index contributed by atoms with van der Waals surface area (Å²) in [5.41, 5.74) is 1.73. The van der Waals surface area contributed by atoms with Gasteiger partial charge in [0, 0.05) is 43.7 Å². The molecule has 1 saturated carbocycles. The van der Waals surface area contributed by atoms with Crippen molar-refractivity contribution in [1.82, 2.24) is 10.3 Å². The van der Waals surface area contributed by atoms with Crippen molar-refractivity contribution in [3.63, 3.8) is 0 Å². The van der Waals surface area contributed by atoms with Crippen molar-refractivity contribution in [1.29, 1.82) is 0 Å². The molecule has 1 N–H and O–H groups in total. The molecule has 1 amide bonds. The van der Waals surface area contributed by atoms with Crippen LogP contribution in [0.5, 0.6) is 5.88 Å². The largest absolute Gasteiger partial charge is 0.474 e. The van der Waals surface area contributed by atoms with Crippen molar-refractivity contribution in [2.45, 2.75) is 37.8 Å². The Morgan fingerprint density at radius 2 is 1.92 bits per heavy atom. The van der Waals surface area contributed by atoms with Crippen molar-refractivity contribution < 1.29 is 9.53 Å². The van der Waals surface area contributed by atoms with E-state index in [0.29, 0.717) is 11.4 Å². The van der Waals surface area contributed by atoms with Gasteiger partial charge in [-0.25, -0.2) is 4.98 Å². The minimum atomic E-state index is -0.00204. The average molecular weight is 339 g/mol. The maximum Gasteiger partial charge on any atom is 0.251 e. The van der Waals surface area contributed by atoms with Crippen LogP contribution in [0.4, 0.5) is 5.69 Å². The number of ether oxygens (including phenoxy) is 1. The van der Waals surface area contributed by atoms with Gasteiger partial charge in [-0.2, -0.15) is 0 Å². The quantitative estimate of drug-likeness (QED) is 0.908. The van der Waals surface area contributed by atoms with Crippen LogP contribution in [0.1, 0.15) is 36.0 Å². The lowest BCUT2D eigenvalue weighted by atomic mass is 9.92. The van der Waals surface area contributed by atoms with Gasteiger partial charge in [-0.3, -0.25) is 4.79 Å². The predicted molar refractivity (Wildman–Crippen MR) is 99.1 cm³/mol. The maximum atomic E-state index is 12.5. The number of hydrogen-bond donors (Lipinski definition) is 1. The van der Waals surface area contributed by atoms with Gasteiger partial charge in [0.25, 0.3) is 5.91 Å². The van der Waals surface area contributed by atoms with Gasteiger partial charge in [0.2, 0.25) is 5.88 Å². The lowest BCUT2D eigenvalue weighted by Gasteiger charge is -2.29. The smallest absolute Gasteiger partial charge is 0.251 e. The molecule has 0 bridgehead atoms. The van der Waals surface area contributed by atoms with Crippen molar-refractivity contribution in [3.8, 4) is 5.88 Å². The third-order valence-corrected chi connectivity index (χ3v) is 4.56. The first-order valence-electron chi connectivity index (χ1n) is 8.78. The first kappa shape index (κ1) is 17.3. The number of carbonyl (C=O) groups is 1. The van der Waals surface area contributed by atoms with Gasteiger partial charge < -0.3 is 15.0 Å². The molecule has 5 heteroatoms. The highest BCUT2D eigenvalue weighted by Gasteiger charge is 2.24. The summed E-state index contributed by atoms with van der Waals surface area (Å²) in [4.78, 5) is 18.7. The van der Waals surface area contributed by atoms with Crippen molar-refractivity contribution >= 4 is 11.6 Å². The van der Waals surface area contributed by atoms with Gasteiger partial charge >= 0.3 is 0 Å². The Hall–Kier alpha value is -2.56. The topological polar surface area (TPSA) is 54.5 Å². The molecule has 1 aliphatic carbocycles. The van der Waals surface area contributed by atoms with Crippen molar-refractivity contribution in [2.75, 3.05) is 19.0 Å².